The number of aromatic nitrogens is 4. The zero-order valence-corrected chi connectivity index (χ0v) is 13.2. The SMILES string of the molecule is CCCn1ncc(NC(C)Cn2cccn2)c(Br)c1=O. The number of anilines is 1. The van der Waals surface area contributed by atoms with Crippen molar-refractivity contribution in [3.8, 4) is 0 Å². The molecule has 0 saturated carbocycles. The van der Waals surface area contributed by atoms with Crippen LogP contribution < -0.4 is 10.9 Å². The topological polar surface area (TPSA) is 64.7 Å². The Hall–Kier alpha value is -1.63. The number of rotatable bonds is 6. The summed E-state index contributed by atoms with van der Waals surface area (Å²) in [5.41, 5.74) is 0.602. The summed E-state index contributed by atoms with van der Waals surface area (Å²) in [6.07, 6.45) is 6.21. The molecule has 0 saturated heterocycles. The average molecular weight is 340 g/mol. The number of hydrogen-bond donors (Lipinski definition) is 1. The van der Waals surface area contributed by atoms with Crippen LogP contribution in [0.15, 0.2) is 33.9 Å². The molecule has 7 heteroatoms. The molecule has 0 spiro atoms. The van der Waals surface area contributed by atoms with Gasteiger partial charge in [0.05, 0.1) is 18.4 Å². The third-order valence-electron chi connectivity index (χ3n) is 2.84. The van der Waals surface area contributed by atoms with E-state index in [1.807, 2.05) is 30.8 Å². The molecule has 0 aromatic carbocycles. The van der Waals surface area contributed by atoms with Crippen molar-refractivity contribution in [1.29, 1.82) is 0 Å². The first-order valence-electron chi connectivity index (χ1n) is 6.61. The summed E-state index contributed by atoms with van der Waals surface area (Å²) in [6, 6.07) is 2.02. The van der Waals surface area contributed by atoms with Crippen molar-refractivity contribution in [2.75, 3.05) is 5.32 Å². The van der Waals surface area contributed by atoms with E-state index in [4.69, 9.17) is 0 Å². The Balaban J connectivity index is 2.09. The van der Waals surface area contributed by atoms with Gasteiger partial charge < -0.3 is 5.32 Å². The first-order chi connectivity index (χ1) is 9.61. The van der Waals surface area contributed by atoms with Gasteiger partial charge in [-0.3, -0.25) is 9.48 Å². The molecule has 0 aliphatic rings. The van der Waals surface area contributed by atoms with Crippen LogP contribution in [-0.4, -0.2) is 25.6 Å². The maximum Gasteiger partial charge on any atom is 0.283 e. The second-order valence-corrected chi connectivity index (χ2v) is 5.47. The van der Waals surface area contributed by atoms with Gasteiger partial charge in [-0.15, -0.1) is 0 Å². The van der Waals surface area contributed by atoms with Crippen LogP contribution in [0.2, 0.25) is 0 Å². The highest BCUT2D eigenvalue weighted by Gasteiger charge is 2.11. The molecule has 20 heavy (non-hydrogen) atoms. The van der Waals surface area contributed by atoms with Crippen molar-refractivity contribution >= 4 is 21.6 Å². The monoisotopic (exact) mass is 339 g/mol. The molecule has 108 valence electrons. The zero-order valence-electron chi connectivity index (χ0n) is 11.6. The molecule has 2 aromatic rings. The summed E-state index contributed by atoms with van der Waals surface area (Å²) in [5, 5.41) is 11.6. The van der Waals surface area contributed by atoms with Gasteiger partial charge in [0.2, 0.25) is 0 Å². The molecular formula is C13H18BrN5O. The van der Waals surface area contributed by atoms with Gasteiger partial charge in [-0.2, -0.15) is 10.2 Å². The summed E-state index contributed by atoms with van der Waals surface area (Å²) in [6.45, 7) is 5.39. The molecule has 1 N–H and O–H groups in total. The van der Waals surface area contributed by atoms with Crippen LogP contribution in [0.5, 0.6) is 0 Å². The van der Waals surface area contributed by atoms with Crippen molar-refractivity contribution < 1.29 is 0 Å². The van der Waals surface area contributed by atoms with E-state index >= 15 is 0 Å². The van der Waals surface area contributed by atoms with Crippen LogP contribution in [0, 0.1) is 0 Å². The quantitative estimate of drug-likeness (QED) is 0.875. The van der Waals surface area contributed by atoms with Gasteiger partial charge in [0.25, 0.3) is 5.56 Å². The molecule has 6 nitrogen and oxygen atoms in total. The van der Waals surface area contributed by atoms with E-state index in [0.717, 1.165) is 13.0 Å². The summed E-state index contributed by atoms with van der Waals surface area (Å²) in [7, 11) is 0. The van der Waals surface area contributed by atoms with Crippen LogP contribution in [0.25, 0.3) is 0 Å². The normalized spacial score (nSPS) is 12.3. The van der Waals surface area contributed by atoms with E-state index in [2.05, 4.69) is 31.4 Å². The second kappa shape index (κ2) is 6.69. The Bertz CT molecular complexity index is 608. The molecule has 1 unspecified atom stereocenters. The molecule has 2 rings (SSSR count). The minimum atomic E-state index is -0.108. The highest BCUT2D eigenvalue weighted by molar-refractivity contribution is 9.10. The van der Waals surface area contributed by atoms with Crippen molar-refractivity contribution in [3.05, 3.63) is 39.5 Å². The summed E-state index contributed by atoms with van der Waals surface area (Å²) < 4.78 is 3.83. The molecule has 0 fully saturated rings. The van der Waals surface area contributed by atoms with Crippen molar-refractivity contribution in [2.45, 2.75) is 39.4 Å². The lowest BCUT2D eigenvalue weighted by molar-refractivity contribution is 0.553. The van der Waals surface area contributed by atoms with Crippen molar-refractivity contribution in [3.63, 3.8) is 0 Å². The molecule has 0 aliphatic carbocycles. The number of halogens is 1. The van der Waals surface area contributed by atoms with Gasteiger partial charge in [0.15, 0.2) is 0 Å². The Morgan fingerprint density at radius 3 is 2.90 bits per heavy atom. The zero-order chi connectivity index (χ0) is 14.5. The number of hydrogen-bond acceptors (Lipinski definition) is 4. The van der Waals surface area contributed by atoms with E-state index in [0.29, 0.717) is 16.7 Å². The molecule has 2 aromatic heterocycles. The van der Waals surface area contributed by atoms with E-state index < -0.39 is 0 Å². The third kappa shape index (κ3) is 3.47. The largest absolute Gasteiger partial charge is 0.378 e. The predicted octanol–water partition coefficient (Wildman–Crippen LogP) is 2.11. The van der Waals surface area contributed by atoms with Gasteiger partial charge in [-0.25, -0.2) is 4.68 Å². The van der Waals surface area contributed by atoms with Gasteiger partial charge in [-0.1, -0.05) is 6.92 Å². The van der Waals surface area contributed by atoms with Crippen LogP contribution in [0.4, 0.5) is 5.69 Å². The lowest BCUT2D eigenvalue weighted by atomic mass is 10.3. The fourth-order valence-electron chi connectivity index (χ4n) is 1.94. The molecule has 0 radical (unpaired) electrons. The third-order valence-corrected chi connectivity index (χ3v) is 3.61. The number of nitrogens with one attached hydrogen (secondary N) is 1. The summed E-state index contributed by atoms with van der Waals surface area (Å²) in [4.78, 5) is 12.1. The minimum Gasteiger partial charge on any atom is -0.378 e. The van der Waals surface area contributed by atoms with Crippen LogP contribution >= 0.6 is 15.9 Å². The maximum atomic E-state index is 12.1. The standard InChI is InChI=1S/C13H18BrN5O/c1-3-6-19-13(20)12(14)11(8-16-19)17-10(2)9-18-7-4-5-15-18/h4-5,7-8,10,17H,3,6,9H2,1-2H3. The Kier molecular flexibility index (Phi) is 4.94. The molecule has 0 bridgehead atoms. The smallest absolute Gasteiger partial charge is 0.283 e. The van der Waals surface area contributed by atoms with Crippen LogP contribution in [0.3, 0.4) is 0 Å². The predicted molar refractivity (Wildman–Crippen MR) is 81.8 cm³/mol. The van der Waals surface area contributed by atoms with Crippen LogP contribution in [-0.2, 0) is 13.1 Å². The first kappa shape index (κ1) is 14.8. The average Bonchev–Trinajstić information content (AvgIpc) is 2.91. The second-order valence-electron chi connectivity index (χ2n) is 4.67. The van der Waals surface area contributed by atoms with E-state index in [9.17, 15) is 4.79 Å². The summed E-state index contributed by atoms with van der Waals surface area (Å²) in [5.74, 6) is 0. The summed E-state index contributed by atoms with van der Waals surface area (Å²) >= 11 is 3.35. The lowest BCUT2D eigenvalue weighted by Crippen LogP contribution is -2.27. The molecule has 2 heterocycles. The Morgan fingerprint density at radius 1 is 1.45 bits per heavy atom. The lowest BCUT2D eigenvalue weighted by Gasteiger charge is -2.16. The fraction of sp³-hybridized carbons (Fsp3) is 0.462. The number of nitrogens with zero attached hydrogens (tertiary/aromatic N) is 4. The number of aryl methyl sites for hydroxylation is 1. The highest BCUT2D eigenvalue weighted by atomic mass is 79.9. The van der Waals surface area contributed by atoms with E-state index in [1.54, 1.807) is 12.4 Å². The molecule has 1 atom stereocenters. The first-order valence-corrected chi connectivity index (χ1v) is 7.40. The molecule has 0 aliphatic heterocycles. The van der Waals surface area contributed by atoms with Gasteiger partial charge >= 0.3 is 0 Å². The highest BCUT2D eigenvalue weighted by Crippen LogP contribution is 2.17. The van der Waals surface area contributed by atoms with Crippen LogP contribution in [0.1, 0.15) is 20.3 Å². The Labute approximate surface area is 125 Å². The maximum absolute atomic E-state index is 12.1. The van der Waals surface area contributed by atoms with Gasteiger partial charge in [0.1, 0.15) is 4.47 Å². The fourth-order valence-corrected chi connectivity index (χ4v) is 2.36. The minimum absolute atomic E-state index is 0.108. The van der Waals surface area contributed by atoms with Crippen molar-refractivity contribution in [2.24, 2.45) is 0 Å². The Morgan fingerprint density at radius 2 is 2.25 bits per heavy atom. The molecule has 0 amide bonds. The van der Waals surface area contributed by atoms with E-state index in [1.165, 1.54) is 4.68 Å². The van der Waals surface area contributed by atoms with Gasteiger partial charge in [-0.05, 0) is 35.3 Å². The molecular weight excluding hydrogens is 322 g/mol. The van der Waals surface area contributed by atoms with Gasteiger partial charge in [0, 0.05) is 25.0 Å². The van der Waals surface area contributed by atoms with E-state index in [-0.39, 0.29) is 11.6 Å². The van der Waals surface area contributed by atoms with Crippen molar-refractivity contribution in [1.82, 2.24) is 19.6 Å².